The molecule has 2 rings (SSSR count). The quantitative estimate of drug-likeness (QED) is 0.905. The molecule has 2 aromatic rings. The Kier molecular flexibility index (Phi) is 4.79. The largest absolute Gasteiger partial charge is 0.311 e. The highest BCUT2D eigenvalue weighted by molar-refractivity contribution is 5.26. The van der Waals surface area contributed by atoms with Crippen molar-refractivity contribution >= 4 is 0 Å². The molecular formula is C16H18F2N2. The summed E-state index contributed by atoms with van der Waals surface area (Å²) in [5.74, 6) is -1.63. The Hall–Kier alpha value is -1.81. The van der Waals surface area contributed by atoms with E-state index < -0.39 is 11.6 Å². The highest BCUT2D eigenvalue weighted by atomic mass is 19.2. The fourth-order valence-electron chi connectivity index (χ4n) is 2.30. The molecule has 1 unspecified atom stereocenters. The molecule has 1 N–H and O–H groups in total. The van der Waals surface area contributed by atoms with E-state index in [0.717, 1.165) is 29.3 Å². The molecule has 1 heterocycles. The van der Waals surface area contributed by atoms with E-state index in [1.54, 1.807) is 12.3 Å². The average molecular weight is 276 g/mol. The lowest BCUT2D eigenvalue weighted by molar-refractivity contribution is 0.503. The lowest BCUT2D eigenvalue weighted by atomic mass is 9.98. The standard InChI is InChI=1S/C16H18F2N2/c1-3-12-5-4-8-20-16(12)15(19-2)10-11-6-7-13(17)14(18)9-11/h4-9,15,19H,3,10H2,1-2H3. The molecular weight excluding hydrogens is 258 g/mol. The number of aryl methyl sites for hydroxylation is 1. The molecule has 0 saturated carbocycles. The second-order valence-corrected chi connectivity index (χ2v) is 4.70. The first-order valence-electron chi connectivity index (χ1n) is 6.70. The maximum atomic E-state index is 13.3. The zero-order chi connectivity index (χ0) is 14.5. The van der Waals surface area contributed by atoms with E-state index in [1.807, 2.05) is 19.2 Å². The lowest BCUT2D eigenvalue weighted by Crippen LogP contribution is -2.21. The van der Waals surface area contributed by atoms with Gasteiger partial charge in [0.25, 0.3) is 0 Å². The zero-order valence-corrected chi connectivity index (χ0v) is 11.7. The van der Waals surface area contributed by atoms with Crippen molar-refractivity contribution in [1.82, 2.24) is 10.3 Å². The smallest absolute Gasteiger partial charge is 0.159 e. The minimum Gasteiger partial charge on any atom is -0.311 e. The van der Waals surface area contributed by atoms with Crippen molar-refractivity contribution in [2.45, 2.75) is 25.8 Å². The predicted molar refractivity (Wildman–Crippen MR) is 75.5 cm³/mol. The van der Waals surface area contributed by atoms with Crippen molar-refractivity contribution in [2.24, 2.45) is 0 Å². The number of halogens is 2. The molecule has 0 aliphatic heterocycles. The summed E-state index contributed by atoms with van der Waals surface area (Å²) in [5.41, 5.74) is 2.87. The maximum Gasteiger partial charge on any atom is 0.159 e. The van der Waals surface area contributed by atoms with Gasteiger partial charge < -0.3 is 5.32 Å². The summed E-state index contributed by atoms with van der Waals surface area (Å²) in [6.45, 7) is 2.07. The molecule has 106 valence electrons. The Morgan fingerprint density at radius 1 is 1.20 bits per heavy atom. The molecule has 0 spiro atoms. The maximum absolute atomic E-state index is 13.3. The van der Waals surface area contributed by atoms with Gasteiger partial charge in [0.1, 0.15) is 0 Å². The molecule has 0 radical (unpaired) electrons. The summed E-state index contributed by atoms with van der Waals surface area (Å²) in [6.07, 6.45) is 3.21. The number of benzene rings is 1. The van der Waals surface area contributed by atoms with Gasteiger partial charge in [0.15, 0.2) is 11.6 Å². The first kappa shape index (κ1) is 14.6. The number of hydrogen-bond donors (Lipinski definition) is 1. The van der Waals surface area contributed by atoms with Gasteiger partial charge in [0.05, 0.1) is 11.7 Å². The third-order valence-corrected chi connectivity index (χ3v) is 3.41. The second kappa shape index (κ2) is 6.57. The number of likely N-dealkylation sites (N-methyl/N-ethyl adjacent to an activating group) is 1. The number of nitrogens with one attached hydrogen (secondary N) is 1. The first-order valence-corrected chi connectivity index (χ1v) is 6.70. The van der Waals surface area contributed by atoms with Gasteiger partial charge in [-0.15, -0.1) is 0 Å². The monoisotopic (exact) mass is 276 g/mol. The van der Waals surface area contributed by atoms with Gasteiger partial charge in [0, 0.05) is 6.20 Å². The van der Waals surface area contributed by atoms with Crippen molar-refractivity contribution in [3.63, 3.8) is 0 Å². The van der Waals surface area contributed by atoms with Crippen LogP contribution in [0.5, 0.6) is 0 Å². The van der Waals surface area contributed by atoms with Crippen LogP contribution < -0.4 is 5.32 Å². The summed E-state index contributed by atoms with van der Waals surface area (Å²) in [5, 5.41) is 3.20. The third-order valence-electron chi connectivity index (χ3n) is 3.41. The Morgan fingerprint density at radius 2 is 2.00 bits per heavy atom. The Bertz CT molecular complexity index is 584. The number of nitrogens with zero attached hydrogens (tertiary/aromatic N) is 1. The minimum absolute atomic E-state index is 0.0176. The minimum atomic E-state index is -0.818. The van der Waals surface area contributed by atoms with E-state index in [0.29, 0.717) is 6.42 Å². The molecule has 4 heteroatoms. The SMILES string of the molecule is CCc1cccnc1C(Cc1ccc(F)c(F)c1)NC. The van der Waals surface area contributed by atoms with E-state index in [-0.39, 0.29) is 6.04 Å². The fraction of sp³-hybridized carbons (Fsp3) is 0.312. The van der Waals surface area contributed by atoms with Crippen LogP contribution in [0.1, 0.15) is 29.8 Å². The molecule has 1 aromatic heterocycles. The molecule has 0 amide bonds. The van der Waals surface area contributed by atoms with Crippen LogP contribution in [0.4, 0.5) is 8.78 Å². The second-order valence-electron chi connectivity index (χ2n) is 4.70. The van der Waals surface area contributed by atoms with Crippen LogP contribution in [0.25, 0.3) is 0 Å². The number of pyridine rings is 1. The van der Waals surface area contributed by atoms with Crippen LogP contribution in [0.2, 0.25) is 0 Å². The number of aromatic nitrogens is 1. The van der Waals surface area contributed by atoms with Gasteiger partial charge >= 0.3 is 0 Å². The summed E-state index contributed by atoms with van der Waals surface area (Å²) < 4.78 is 26.2. The summed E-state index contributed by atoms with van der Waals surface area (Å²) in [4.78, 5) is 4.43. The van der Waals surface area contributed by atoms with Crippen molar-refractivity contribution in [1.29, 1.82) is 0 Å². The normalized spacial score (nSPS) is 12.4. The van der Waals surface area contributed by atoms with E-state index in [9.17, 15) is 8.78 Å². The van der Waals surface area contributed by atoms with Gasteiger partial charge in [-0.3, -0.25) is 4.98 Å². The Labute approximate surface area is 117 Å². The van der Waals surface area contributed by atoms with Gasteiger partial charge in [-0.05, 0) is 49.2 Å². The van der Waals surface area contributed by atoms with Gasteiger partial charge in [0.2, 0.25) is 0 Å². The van der Waals surface area contributed by atoms with Crippen LogP contribution in [-0.2, 0) is 12.8 Å². The van der Waals surface area contributed by atoms with Crippen molar-refractivity contribution in [3.05, 3.63) is 65.0 Å². The third kappa shape index (κ3) is 3.20. The molecule has 20 heavy (non-hydrogen) atoms. The van der Waals surface area contributed by atoms with E-state index in [1.165, 1.54) is 6.07 Å². The molecule has 1 aromatic carbocycles. The molecule has 1 atom stereocenters. The Morgan fingerprint density at radius 3 is 2.65 bits per heavy atom. The van der Waals surface area contributed by atoms with Gasteiger partial charge in [-0.25, -0.2) is 8.78 Å². The van der Waals surface area contributed by atoms with Crippen LogP contribution in [0.15, 0.2) is 36.5 Å². The van der Waals surface area contributed by atoms with E-state index in [2.05, 4.69) is 17.2 Å². The van der Waals surface area contributed by atoms with Gasteiger partial charge in [-0.1, -0.05) is 19.1 Å². The Balaban J connectivity index is 2.26. The zero-order valence-electron chi connectivity index (χ0n) is 11.7. The molecule has 2 nitrogen and oxygen atoms in total. The first-order chi connectivity index (χ1) is 9.65. The van der Waals surface area contributed by atoms with Gasteiger partial charge in [-0.2, -0.15) is 0 Å². The van der Waals surface area contributed by atoms with E-state index >= 15 is 0 Å². The van der Waals surface area contributed by atoms with Crippen molar-refractivity contribution in [3.8, 4) is 0 Å². The van der Waals surface area contributed by atoms with Crippen LogP contribution >= 0.6 is 0 Å². The van der Waals surface area contributed by atoms with Crippen LogP contribution in [-0.4, -0.2) is 12.0 Å². The highest BCUT2D eigenvalue weighted by Crippen LogP contribution is 2.21. The average Bonchev–Trinajstić information content (AvgIpc) is 2.48. The number of rotatable bonds is 5. The van der Waals surface area contributed by atoms with Crippen LogP contribution in [0.3, 0.4) is 0 Å². The summed E-state index contributed by atoms with van der Waals surface area (Å²) in [6, 6.07) is 7.95. The van der Waals surface area contributed by atoms with Crippen LogP contribution in [0, 0.1) is 11.6 Å². The summed E-state index contributed by atoms with van der Waals surface area (Å²) >= 11 is 0. The van der Waals surface area contributed by atoms with Crippen molar-refractivity contribution in [2.75, 3.05) is 7.05 Å². The highest BCUT2D eigenvalue weighted by Gasteiger charge is 2.15. The molecule has 0 saturated heterocycles. The molecule has 0 aliphatic rings. The molecule has 0 bridgehead atoms. The topological polar surface area (TPSA) is 24.9 Å². The molecule has 0 fully saturated rings. The molecule has 0 aliphatic carbocycles. The van der Waals surface area contributed by atoms with Crippen molar-refractivity contribution < 1.29 is 8.78 Å². The van der Waals surface area contributed by atoms with E-state index in [4.69, 9.17) is 0 Å². The predicted octanol–water partition coefficient (Wildman–Crippen LogP) is 3.43. The fourth-order valence-corrected chi connectivity index (χ4v) is 2.30. The number of hydrogen-bond acceptors (Lipinski definition) is 2. The lowest BCUT2D eigenvalue weighted by Gasteiger charge is -2.18. The summed E-state index contributed by atoms with van der Waals surface area (Å²) in [7, 11) is 1.85.